The molecular formula is C15H20N+. The molecule has 0 aliphatic heterocycles. The van der Waals surface area contributed by atoms with Crippen molar-refractivity contribution in [1.82, 2.24) is 0 Å². The van der Waals surface area contributed by atoms with Gasteiger partial charge in [0.15, 0.2) is 11.9 Å². The molecule has 0 fully saturated rings. The normalized spacial score (nSPS) is 11.9. The minimum Gasteiger partial charge on any atom is -0.206 e. The van der Waals surface area contributed by atoms with E-state index in [0.29, 0.717) is 0 Å². The van der Waals surface area contributed by atoms with Crippen molar-refractivity contribution in [3.05, 3.63) is 60.8 Å². The number of hydrogen-bond donors (Lipinski definition) is 0. The SMILES string of the molecule is C=CC(CCc1ccc(C)cc1)=[N+](C)C=C. The van der Waals surface area contributed by atoms with Gasteiger partial charge in [-0.25, -0.2) is 4.58 Å². The summed E-state index contributed by atoms with van der Waals surface area (Å²) >= 11 is 0. The maximum absolute atomic E-state index is 3.83. The molecule has 1 rings (SSSR count). The van der Waals surface area contributed by atoms with Gasteiger partial charge in [0.1, 0.15) is 7.05 Å². The van der Waals surface area contributed by atoms with Gasteiger partial charge in [0.2, 0.25) is 0 Å². The van der Waals surface area contributed by atoms with E-state index in [1.807, 2.05) is 23.9 Å². The highest BCUT2D eigenvalue weighted by Gasteiger charge is 2.04. The molecule has 0 aromatic heterocycles. The van der Waals surface area contributed by atoms with Gasteiger partial charge in [0, 0.05) is 6.42 Å². The van der Waals surface area contributed by atoms with Crippen LogP contribution in [0.2, 0.25) is 0 Å². The molecule has 0 aliphatic rings. The minimum absolute atomic E-state index is 0.995. The Balaban J connectivity index is 2.67. The van der Waals surface area contributed by atoms with Crippen LogP contribution in [0.15, 0.2) is 49.7 Å². The summed E-state index contributed by atoms with van der Waals surface area (Å²) < 4.78 is 2.02. The Kier molecular flexibility index (Phi) is 4.71. The smallest absolute Gasteiger partial charge is 0.180 e. The lowest BCUT2D eigenvalue weighted by atomic mass is 10.1. The molecule has 0 saturated carbocycles. The first-order valence-corrected chi connectivity index (χ1v) is 5.56. The highest BCUT2D eigenvalue weighted by Crippen LogP contribution is 2.06. The fraction of sp³-hybridized carbons (Fsp3) is 0.267. The second-order valence-electron chi connectivity index (χ2n) is 3.97. The van der Waals surface area contributed by atoms with E-state index in [0.717, 1.165) is 12.8 Å². The van der Waals surface area contributed by atoms with Crippen LogP contribution in [0.3, 0.4) is 0 Å². The van der Waals surface area contributed by atoms with Crippen LogP contribution in [0.4, 0.5) is 0 Å². The first-order valence-electron chi connectivity index (χ1n) is 5.56. The van der Waals surface area contributed by atoms with Crippen molar-refractivity contribution in [3.63, 3.8) is 0 Å². The van der Waals surface area contributed by atoms with E-state index in [1.165, 1.54) is 16.8 Å². The Morgan fingerprint density at radius 1 is 1.25 bits per heavy atom. The van der Waals surface area contributed by atoms with Gasteiger partial charge in [0.05, 0.1) is 0 Å². The van der Waals surface area contributed by atoms with Crippen LogP contribution in [-0.2, 0) is 6.42 Å². The van der Waals surface area contributed by atoms with Crippen molar-refractivity contribution in [3.8, 4) is 0 Å². The van der Waals surface area contributed by atoms with Gasteiger partial charge in [-0.15, -0.1) is 0 Å². The predicted octanol–water partition coefficient (Wildman–Crippen LogP) is 3.34. The summed E-state index contributed by atoms with van der Waals surface area (Å²) in [6.07, 6.45) is 5.75. The third-order valence-corrected chi connectivity index (χ3v) is 2.75. The molecule has 84 valence electrons. The number of hydrogen-bond acceptors (Lipinski definition) is 0. The van der Waals surface area contributed by atoms with E-state index >= 15 is 0 Å². The fourth-order valence-corrected chi connectivity index (χ4v) is 1.57. The molecule has 1 nitrogen and oxygen atoms in total. The zero-order valence-electron chi connectivity index (χ0n) is 10.2. The highest BCUT2D eigenvalue weighted by atomic mass is 14.9. The monoisotopic (exact) mass is 214 g/mol. The van der Waals surface area contributed by atoms with Crippen LogP contribution >= 0.6 is 0 Å². The molecule has 1 aromatic rings. The van der Waals surface area contributed by atoms with Crippen molar-refractivity contribution in [2.45, 2.75) is 19.8 Å². The summed E-state index contributed by atoms with van der Waals surface area (Å²) in [4.78, 5) is 0. The van der Waals surface area contributed by atoms with Gasteiger partial charge in [-0.2, -0.15) is 0 Å². The summed E-state index contributed by atoms with van der Waals surface area (Å²) in [7, 11) is 2.00. The average Bonchev–Trinajstić information content (AvgIpc) is 2.31. The van der Waals surface area contributed by atoms with Crippen LogP contribution in [0, 0.1) is 6.92 Å². The van der Waals surface area contributed by atoms with E-state index in [2.05, 4.69) is 44.3 Å². The molecule has 0 amide bonds. The van der Waals surface area contributed by atoms with Crippen LogP contribution in [-0.4, -0.2) is 17.3 Å². The molecular weight excluding hydrogens is 194 g/mol. The molecule has 0 bridgehead atoms. The molecule has 1 heteroatoms. The van der Waals surface area contributed by atoms with E-state index in [1.54, 1.807) is 0 Å². The molecule has 0 N–H and O–H groups in total. The summed E-state index contributed by atoms with van der Waals surface area (Å²) in [5, 5.41) is 0. The summed E-state index contributed by atoms with van der Waals surface area (Å²) in [6, 6.07) is 8.67. The number of allylic oxidation sites excluding steroid dienone is 1. The van der Waals surface area contributed by atoms with Crippen LogP contribution in [0.5, 0.6) is 0 Å². The number of benzene rings is 1. The van der Waals surface area contributed by atoms with Gasteiger partial charge < -0.3 is 0 Å². The largest absolute Gasteiger partial charge is 0.206 e. The minimum atomic E-state index is 0.995. The number of nitrogens with zero attached hydrogens (tertiary/aromatic N) is 1. The quantitative estimate of drug-likeness (QED) is 0.522. The first-order chi connectivity index (χ1) is 7.67. The predicted molar refractivity (Wildman–Crippen MR) is 71.1 cm³/mol. The maximum atomic E-state index is 3.83. The van der Waals surface area contributed by atoms with Crippen molar-refractivity contribution >= 4 is 5.71 Å². The number of rotatable bonds is 5. The van der Waals surface area contributed by atoms with Crippen LogP contribution in [0.25, 0.3) is 0 Å². The van der Waals surface area contributed by atoms with E-state index in [9.17, 15) is 0 Å². The number of aryl methyl sites for hydroxylation is 2. The Labute approximate surface area is 98.4 Å². The molecule has 16 heavy (non-hydrogen) atoms. The Hall–Kier alpha value is -1.63. The fourth-order valence-electron chi connectivity index (χ4n) is 1.57. The lowest BCUT2D eigenvalue weighted by Gasteiger charge is -2.01. The van der Waals surface area contributed by atoms with E-state index in [-0.39, 0.29) is 0 Å². The van der Waals surface area contributed by atoms with Crippen LogP contribution in [0.1, 0.15) is 17.5 Å². The molecule has 0 saturated heterocycles. The zero-order chi connectivity index (χ0) is 12.0. The topological polar surface area (TPSA) is 3.01 Å². The highest BCUT2D eigenvalue weighted by molar-refractivity contribution is 5.90. The Morgan fingerprint density at radius 2 is 1.88 bits per heavy atom. The zero-order valence-corrected chi connectivity index (χ0v) is 10.2. The van der Waals surface area contributed by atoms with Crippen molar-refractivity contribution in [1.29, 1.82) is 0 Å². The standard InChI is InChI=1S/C15H20N/c1-5-15(16(4)6-2)12-11-14-9-7-13(3)8-10-14/h5-10H,1-2,11-12H2,3-4H3/q+1. The lowest BCUT2D eigenvalue weighted by molar-refractivity contribution is -0.422. The summed E-state index contributed by atoms with van der Waals surface area (Å²) in [5.41, 5.74) is 3.87. The van der Waals surface area contributed by atoms with Gasteiger partial charge in [-0.05, 0) is 31.6 Å². The van der Waals surface area contributed by atoms with Gasteiger partial charge in [0.25, 0.3) is 0 Å². The molecule has 1 aromatic carbocycles. The summed E-state index contributed by atoms with van der Waals surface area (Å²) in [5.74, 6) is 0. The second kappa shape index (κ2) is 6.06. The van der Waals surface area contributed by atoms with Crippen LogP contribution < -0.4 is 0 Å². The molecule has 0 radical (unpaired) electrons. The molecule has 0 unspecified atom stereocenters. The molecule has 0 atom stereocenters. The molecule has 0 heterocycles. The third-order valence-electron chi connectivity index (χ3n) is 2.75. The first kappa shape index (κ1) is 12.4. The van der Waals surface area contributed by atoms with Gasteiger partial charge in [-0.1, -0.05) is 36.4 Å². The van der Waals surface area contributed by atoms with E-state index < -0.39 is 0 Å². The maximum Gasteiger partial charge on any atom is 0.180 e. The third kappa shape index (κ3) is 3.50. The summed E-state index contributed by atoms with van der Waals surface area (Å²) in [6.45, 7) is 9.69. The van der Waals surface area contributed by atoms with Gasteiger partial charge >= 0.3 is 0 Å². The van der Waals surface area contributed by atoms with Crippen molar-refractivity contribution < 1.29 is 4.58 Å². The molecule has 0 spiro atoms. The Morgan fingerprint density at radius 3 is 2.38 bits per heavy atom. The van der Waals surface area contributed by atoms with E-state index in [4.69, 9.17) is 0 Å². The Bertz CT molecular complexity index is 396. The van der Waals surface area contributed by atoms with Crippen molar-refractivity contribution in [2.24, 2.45) is 0 Å². The molecule has 0 aliphatic carbocycles. The van der Waals surface area contributed by atoms with Gasteiger partial charge in [-0.3, -0.25) is 0 Å². The van der Waals surface area contributed by atoms with Crippen molar-refractivity contribution in [2.75, 3.05) is 7.05 Å². The average molecular weight is 214 g/mol. The lowest BCUT2D eigenvalue weighted by Crippen LogP contribution is -2.10. The second-order valence-corrected chi connectivity index (χ2v) is 3.97.